The van der Waals surface area contributed by atoms with Gasteiger partial charge in [0.2, 0.25) is 0 Å². The quantitative estimate of drug-likeness (QED) is 0.876. The van der Waals surface area contributed by atoms with Crippen molar-refractivity contribution in [1.82, 2.24) is 20.3 Å². The van der Waals surface area contributed by atoms with Crippen molar-refractivity contribution in [3.63, 3.8) is 0 Å². The van der Waals surface area contributed by atoms with Gasteiger partial charge >= 0.3 is 0 Å². The van der Waals surface area contributed by atoms with E-state index in [1.807, 2.05) is 6.92 Å². The van der Waals surface area contributed by atoms with Gasteiger partial charge in [0.1, 0.15) is 0 Å². The fourth-order valence-corrected chi connectivity index (χ4v) is 2.50. The largest absolute Gasteiger partial charge is 0.316 e. The zero-order valence-corrected chi connectivity index (χ0v) is 10.6. The zero-order chi connectivity index (χ0) is 12.4. The van der Waals surface area contributed by atoms with Gasteiger partial charge in [0, 0.05) is 6.54 Å². The Morgan fingerprint density at radius 3 is 3.06 bits per heavy atom. The van der Waals surface area contributed by atoms with Crippen LogP contribution in [0.2, 0.25) is 0 Å². The van der Waals surface area contributed by atoms with E-state index in [2.05, 4.69) is 39.8 Å². The number of hydrogen-bond donors (Lipinski definition) is 1. The first-order chi connectivity index (χ1) is 8.83. The van der Waals surface area contributed by atoms with Gasteiger partial charge in [-0.15, -0.1) is 0 Å². The van der Waals surface area contributed by atoms with Crippen LogP contribution in [0.5, 0.6) is 0 Å². The second-order valence-corrected chi connectivity index (χ2v) is 4.91. The Labute approximate surface area is 107 Å². The van der Waals surface area contributed by atoms with Crippen molar-refractivity contribution in [1.29, 1.82) is 0 Å². The lowest BCUT2D eigenvalue weighted by Gasteiger charge is -2.23. The van der Waals surface area contributed by atoms with E-state index in [9.17, 15) is 0 Å². The lowest BCUT2D eigenvalue weighted by molar-refractivity contribution is 0.461. The minimum atomic E-state index is 0.621. The summed E-state index contributed by atoms with van der Waals surface area (Å²) < 4.78 is 0. The van der Waals surface area contributed by atoms with Gasteiger partial charge in [-0.05, 0) is 49.9 Å². The molecule has 1 saturated heterocycles. The van der Waals surface area contributed by atoms with E-state index in [0.717, 1.165) is 24.5 Å². The molecule has 0 radical (unpaired) electrons. The number of rotatable bonds is 2. The molecule has 4 heteroatoms. The highest BCUT2D eigenvalue weighted by molar-refractivity contribution is 5.36. The topological polar surface area (TPSA) is 42.7 Å². The van der Waals surface area contributed by atoms with E-state index in [1.165, 1.54) is 18.4 Å². The number of benzene rings is 1. The molecular weight excluding hydrogens is 224 g/mol. The standard InChI is InChI=1S/C14H18N4/c1-11-9-16-18(17-11)14-6-2-4-12(8-14)13-5-3-7-15-10-13/h2,4,6,8-9,13,15H,3,5,7,10H2,1H3. The minimum absolute atomic E-state index is 0.621. The monoisotopic (exact) mass is 242 g/mol. The molecule has 0 bridgehead atoms. The van der Waals surface area contributed by atoms with Crippen molar-refractivity contribution in [2.45, 2.75) is 25.7 Å². The molecule has 1 fully saturated rings. The molecule has 1 atom stereocenters. The second kappa shape index (κ2) is 4.90. The van der Waals surface area contributed by atoms with Crippen molar-refractivity contribution >= 4 is 0 Å². The van der Waals surface area contributed by atoms with Crippen LogP contribution in [0.1, 0.15) is 30.0 Å². The van der Waals surface area contributed by atoms with Gasteiger partial charge in [-0.25, -0.2) is 0 Å². The highest BCUT2D eigenvalue weighted by atomic mass is 15.5. The van der Waals surface area contributed by atoms with E-state index in [1.54, 1.807) is 11.0 Å². The van der Waals surface area contributed by atoms with Crippen LogP contribution in [0.4, 0.5) is 0 Å². The molecule has 0 aliphatic carbocycles. The highest BCUT2D eigenvalue weighted by Gasteiger charge is 2.15. The lowest BCUT2D eigenvalue weighted by Crippen LogP contribution is -2.28. The van der Waals surface area contributed by atoms with Crippen LogP contribution in [0.25, 0.3) is 5.69 Å². The van der Waals surface area contributed by atoms with E-state index in [4.69, 9.17) is 0 Å². The van der Waals surface area contributed by atoms with Crippen LogP contribution in [0.3, 0.4) is 0 Å². The Balaban J connectivity index is 1.88. The van der Waals surface area contributed by atoms with Gasteiger partial charge in [0.15, 0.2) is 0 Å². The van der Waals surface area contributed by atoms with Crippen LogP contribution < -0.4 is 5.32 Å². The van der Waals surface area contributed by atoms with Crippen molar-refractivity contribution < 1.29 is 0 Å². The average molecular weight is 242 g/mol. The molecule has 1 unspecified atom stereocenters. The third-order valence-electron chi connectivity index (χ3n) is 3.48. The van der Waals surface area contributed by atoms with Crippen LogP contribution in [-0.4, -0.2) is 28.1 Å². The van der Waals surface area contributed by atoms with Crippen LogP contribution in [0.15, 0.2) is 30.5 Å². The summed E-state index contributed by atoms with van der Waals surface area (Å²) in [6.07, 6.45) is 4.31. The molecule has 94 valence electrons. The summed E-state index contributed by atoms with van der Waals surface area (Å²) in [5.41, 5.74) is 3.38. The predicted molar refractivity (Wildman–Crippen MR) is 70.9 cm³/mol. The highest BCUT2D eigenvalue weighted by Crippen LogP contribution is 2.24. The van der Waals surface area contributed by atoms with Gasteiger partial charge in [-0.1, -0.05) is 12.1 Å². The van der Waals surface area contributed by atoms with Crippen molar-refractivity contribution in [3.05, 3.63) is 41.7 Å². The lowest BCUT2D eigenvalue weighted by atomic mass is 9.91. The molecule has 1 N–H and O–H groups in total. The van der Waals surface area contributed by atoms with Gasteiger partial charge < -0.3 is 5.32 Å². The molecule has 2 heterocycles. The summed E-state index contributed by atoms with van der Waals surface area (Å²) in [6.45, 7) is 4.18. The van der Waals surface area contributed by atoms with E-state index < -0.39 is 0 Å². The molecule has 0 amide bonds. The van der Waals surface area contributed by atoms with Crippen LogP contribution >= 0.6 is 0 Å². The maximum absolute atomic E-state index is 4.36. The predicted octanol–water partition coefficient (Wildman–Crippen LogP) is 2.04. The van der Waals surface area contributed by atoms with Crippen molar-refractivity contribution in [3.8, 4) is 5.69 Å². The molecule has 0 saturated carbocycles. The summed E-state index contributed by atoms with van der Waals surface area (Å²) in [5, 5.41) is 12.1. The number of nitrogens with one attached hydrogen (secondary N) is 1. The Bertz CT molecular complexity index is 526. The molecule has 0 spiro atoms. The molecule has 18 heavy (non-hydrogen) atoms. The minimum Gasteiger partial charge on any atom is -0.316 e. The summed E-state index contributed by atoms with van der Waals surface area (Å²) in [4.78, 5) is 1.70. The molecular formula is C14H18N4. The summed E-state index contributed by atoms with van der Waals surface area (Å²) in [6, 6.07) is 8.56. The molecule has 2 aromatic rings. The van der Waals surface area contributed by atoms with E-state index >= 15 is 0 Å². The zero-order valence-electron chi connectivity index (χ0n) is 10.6. The maximum Gasteiger partial charge on any atom is 0.0859 e. The first-order valence-corrected chi connectivity index (χ1v) is 6.53. The second-order valence-electron chi connectivity index (χ2n) is 4.91. The number of nitrogens with zero attached hydrogens (tertiary/aromatic N) is 3. The number of piperidine rings is 1. The fourth-order valence-electron chi connectivity index (χ4n) is 2.50. The Morgan fingerprint density at radius 2 is 2.33 bits per heavy atom. The van der Waals surface area contributed by atoms with Gasteiger partial charge in [-0.2, -0.15) is 15.0 Å². The normalized spacial score (nSPS) is 19.9. The molecule has 3 rings (SSSR count). The number of aryl methyl sites for hydroxylation is 1. The summed E-state index contributed by atoms with van der Waals surface area (Å²) >= 11 is 0. The van der Waals surface area contributed by atoms with Crippen LogP contribution in [-0.2, 0) is 0 Å². The third-order valence-corrected chi connectivity index (χ3v) is 3.48. The molecule has 1 aromatic carbocycles. The molecule has 1 aliphatic rings. The Hall–Kier alpha value is -1.68. The number of hydrogen-bond acceptors (Lipinski definition) is 3. The smallest absolute Gasteiger partial charge is 0.0859 e. The number of aromatic nitrogens is 3. The van der Waals surface area contributed by atoms with Crippen molar-refractivity contribution in [2.24, 2.45) is 0 Å². The molecule has 1 aromatic heterocycles. The van der Waals surface area contributed by atoms with Gasteiger partial charge in [-0.3, -0.25) is 0 Å². The molecule has 4 nitrogen and oxygen atoms in total. The molecule has 1 aliphatic heterocycles. The maximum atomic E-state index is 4.36. The Kier molecular flexibility index (Phi) is 3.11. The Morgan fingerprint density at radius 1 is 1.39 bits per heavy atom. The third kappa shape index (κ3) is 2.29. The first-order valence-electron chi connectivity index (χ1n) is 6.53. The first kappa shape index (κ1) is 11.4. The van der Waals surface area contributed by atoms with Crippen molar-refractivity contribution in [2.75, 3.05) is 13.1 Å². The van der Waals surface area contributed by atoms with E-state index in [-0.39, 0.29) is 0 Å². The fraction of sp³-hybridized carbons (Fsp3) is 0.429. The summed E-state index contributed by atoms with van der Waals surface area (Å²) in [7, 11) is 0. The van der Waals surface area contributed by atoms with E-state index in [0.29, 0.717) is 5.92 Å². The van der Waals surface area contributed by atoms with Gasteiger partial charge in [0.05, 0.1) is 17.6 Å². The van der Waals surface area contributed by atoms with Gasteiger partial charge in [0.25, 0.3) is 0 Å². The van der Waals surface area contributed by atoms with Crippen LogP contribution in [0, 0.1) is 6.92 Å². The average Bonchev–Trinajstić information content (AvgIpc) is 2.87. The SMILES string of the molecule is Cc1cnn(-c2cccc(C3CCCNC3)c2)n1. The summed E-state index contributed by atoms with van der Waals surface area (Å²) in [5.74, 6) is 0.621.